The lowest BCUT2D eigenvalue weighted by molar-refractivity contribution is 0.143. The van der Waals surface area contributed by atoms with Crippen molar-refractivity contribution in [1.29, 1.82) is 5.41 Å². The highest BCUT2D eigenvalue weighted by Gasteiger charge is 2.40. The number of aryl methyl sites for hydroxylation is 1. The van der Waals surface area contributed by atoms with E-state index in [4.69, 9.17) is 10.6 Å². The molecule has 1 heterocycles. The summed E-state index contributed by atoms with van der Waals surface area (Å²) in [7, 11) is 0. The van der Waals surface area contributed by atoms with Crippen LogP contribution < -0.4 is 10.4 Å². The molecule has 190 valence electrons. The van der Waals surface area contributed by atoms with Crippen LogP contribution in [0.2, 0.25) is 0 Å². The van der Waals surface area contributed by atoms with Crippen LogP contribution in [-0.4, -0.2) is 59.6 Å². The number of likely N-dealkylation sites (N-methyl/N-ethyl adjacent to an activating group) is 1. The van der Waals surface area contributed by atoms with Gasteiger partial charge in [0, 0.05) is 37.6 Å². The van der Waals surface area contributed by atoms with Crippen molar-refractivity contribution in [3.05, 3.63) is 29.6 Å². The van der Waals surface area contributed by atoms with Crippen LogP contribution in [0.15, 0.2) is 18.2 Å². The molecule has 1 aromatic rings. The van der Waals surface area contributed by atoms with E-state index >= 15 is 0 Å². The van der Waals surface area contributed by atoms with Gasteiger partial charge in [0.15, 0.2) is 0 Å². The Morgan fingerprint density at radius 3 is 2.12 bits per heavy atom. The van der Waals surface area contributed by atoms with Gasteiger partial charge in [-0.2, -0.15) is 5.48 Å². The molecule has 6 nitrogen and oxygen atoms in total. The molecule has 0 spiro atoms. The van der Waals surface area contributed by atoms with E-state index in [-0.39, 0.29) is 16.8 Å². The fraction of sp³-hybridized carbons (Fsp3) is 0.731. The third-order valence-electron chi connectivity index (χ3n) is 7.52. The Morgan fingerprint density at radius 1 is 1.15 bits per heavy atom. The Bertz CT molecular complexity index is 704. The summed E-state index contributed by atoms with van der Waals surface area (Å²) >= 11 is 0. The maximum absolute atomic E-state index is 13.5. The van der Waals surface area contributed by atoms with Crippen molar-refractivity contribution in [2.75, 3.05) is 31.1 Å². The van der Waals surface area contributed by atoms with Crippen molar-refractivity contribution in [2.24, 2.45) is 11.8 Å². The summed E-state index contributed by atoms with van der Waals surface area (Å²) in [6.07, 6.45) is 8.94. The van der Waals surface area contributed by atoms with Gasteiger partial charge >= 0.3 is 0 Å². The number of piperazine rings is 1. The van der Waals surface area contributed by atoms with E-state index in [1.807, 2.05) is 12.1 Å². The van der Waals surface area contributed by atoms with Crippen molar-refractivity contribution in [3.8, 4) is 0 Å². The van der Waals surface area contributed by atoms with E-state index in [1.54, 1.807) is 13.0 Å². The van der Waals surface area contributed by atoms with Crippen LogP contribution in [0.1, 0.15) is 71.8 Å². The Morgan fingerprint density at radius 2 is 1.76 bits per heavy atom. The standard InChI is InChI=1S/C14H21FN2.C8H16.C4H8N2O.H2O/c1-4-16-7-8-17(10-12(16)3)13-6-5-11(2)14(15)9-13;1-7-5-3-4-6-8(7)2;5-3-4(6-7)1-2-4;/h5-6,9,12H,4,7-8,10H2,1-3H3;7-8H,3-6H2,1-2H3;3,5-7H,1-2H2;1H2/t;7-,8?;;/m.1../s1. The van der Waals surface area contributed by atoms with Crippen LogP contribution in [0.25, 0.3) is 0 Å². The molecule has 3 atom stereocenters. The summed E-state index contributed by atoms with van der Waals surface area (Å²) in [6.45, 7) is 15.1. The fourth-order valence-corrected chi connectivity index (χ4v) is 4.40. The number of anilines is 1. The van der Waals surface area contributed by atoms with Gasteiger partial charge in [-0.15, -0.1) is 0 Å². The van der Waals surface area contributed by atoms with E-state index in [0.29, 0.717) is 11.6 Å². The molecule has 2 aliphatic carbocycles. The van der Waals surface area contributed by atoms with Crippen LogP contribution >= 0.6 is 0 Å². The molecule has 0 amide bonds. The Labute approximate surface area is 200 Å². The minimum absolute atomic E-state index is 0. The average molecular weight is 467 g/mol. The van der Waals surface area contributed by atoms with Gasteiger partial charge in [0.2, 0.25) is 0 Å². The van der Waals surface area contributed by atoms with Crippen LogP contribution in [0.5, 0.6) is 0 Å². The van der Waals surface area contributed by atoms with Crippen LogP contribution in [-0.2, 0) is 0 Å². The molecule has 3 aliphatic rings. The highest BCUT2D eigenvalue weighted by atomic mass is 19.1. The third kappa shape index (κ3) is 8.96. The molecule has 0 aromatic heterocycles. The summed E-state index contributed by atoms with van der Waals surface area (Å²) in [5.74, 6) is 1.90. The summed E-state index contributed by atoms with van der Waals surface area (Å²) in [6, 6.07) is 6.08. The first-order chi connectivity index (χ1) is 15.2. The third-order valence-corrected chi connectivity index (χ3v) is 7.52. The second kappa shape index (κ2) is 14.0. The number of hydroxylamine groups is 1. The van der Waals surface area contributed by atoms with E-state index in [1.165, 1.54) is 31.9 Å². The highest BCUT2D eigenvalue weighted by Crippen LogP contribution is 2.31. The van der Waals surface area contributed by atoms with Crippen molar-refractivity contribution in [2.45, 2.75) is 84.7 Å². The maximum atomic E-state index is 13.5. The van der Waals surface area contributed by atoms with Gasteiger partial charge in [0.25, 0.3) is 0 Å². The van der Waals surface area contributed by atoms with Crippen LogP contribution in [0.4, 0.5) is 10.1 Å². The summed E-state index contributed by atoms with van der Waals surface area (Å²) in [4.78, 5) is 4.74. The van der Waals surface area contributed by atoms with E-state index in [0.717, 1.165) is 56.5 Å². The van der Waals surface area contributed by atoms with Gasteiger partial charge in [-0.1, -0.05) is 52.5 Å². The van der Waals surface area contributed by atoms with Crippen LogP contribution in [0.3, 0.4) is 0 Å². The zero-order valence-corrected chi connectivity index (χ0v) is 21.3. The molecule has 0 bridgehead atoms. The van der Waals surface area contributed by atoms with Crippen molar-refractivity contribution in [3.63, 3.8) is 0 Å². The van der Waals surface area contributed by atoms with Gasteiger partial charge in [-0.05, 0) is 62.8 Å². The second-order valence-corrected chi connectivity index (χ2v) is 10.0. The van der Waals surface area contributed by atoms with E-state index in [2.05, 4.69) is 43.0 Å². The van der Waals surface area contributed by atoms with Crippen LogP contribution in [0, 0.1) is 30.0 Å². The van der Waals surface area contributed by atoms with Gasteiger partial charge in [0.05, 0.1) is 5.54 Å². The molecule has 7 heteroatoms. The quantitative estimate of drug-likeness (QED) is 0.438. The lowest BCUT2D eigenvalue weighted by Crippen LogP contribution is -2.51. The SMILES string of the molecule is CC1CCCC[C@H]1C.CCN1CCN(c2ccc(C)c(F)c2)CC1C.N=CC1(NO)CC1.O. The minimum Gasteiger partial charge on any atom is -0.412 e. The predicted molar refractivity (Wildman–Crippen MR) is 136 cm³/mol. The van der Waals surface area contributed by atoms with Gasteiger partial charge in [-0.25, -0.2) is 4.39 Å². The Balaban J connectivity index is 0.000000283. The topological polar surface area (TPSA) is 94.1 Å². The summed E-state index contributed by atoms with van der Waals surface area (Å²) in [5.41, 5.74) is 3.47. The smallest absolute Gasteiger partial charge is 0.128 e. The van der Waals surface area contributed by atoms with Gasteiger partial charge < -0.3 is 21.0 Å². The maximum Gasteiger partial charge on any atom is 0.128 e. The molecular weight excluding hydrogens is 419 g/mol. The zero-order chi connectivity index (χ0) is 23.7. The monoisotopic (exact) mass is 466 g/mol. The summed E-state index contributed by atoms with van der Waals surface area (Å²) in [5, 5.41) is 15.0. The van der Waals surface area contributed by atoms with Crippen molar-refractivity contribution < 1.29 is 15.1 Å². The molecule has 2 saturated carbocycles. The molecule has 4 rings (SSSR count). The molecule has 1 aliphatic heterocycles. The number of nitrogens with one attached hydrogen (secondary N) is 2. The largest absolute Gasteiger partial charge is 0.412 e. The number of hydrogen-bond donors (Lipinski definition) is 3. The Kier molecular flexibility index (Phi) is 12.5. The second-order valence-electron chi connectivity index (χ2n) is 10.0. The average Bonchev–Trinajstić information content (AvgIpc) is 3.59. The van der Waals surface area contributed by atoms with Gasteiger partial charge in [0.1, 0.15) is 5.82 Å². The number of nitrogens with zero attached hydrogens (tertiary/aromatic N) is 2. The lowest BCUT2D eigenvalue weighted by atomic mass is 9.82. The summed E-state index contributed by atoms with van der Waals surface area (Å²) < 4.78 is 13.5. The molecule has 33 heavy (non-hydrogen) atoms. The molecule has 1 saturated heterocycles. The van der Waals surface area contributed by atoms with Crippen molar-refractivity contribution in [1.82, 2.24) is 10.4 Å². The zero-order valence-electron chi connectivity index (χ0n) is 21.3. The van der Waals surface area contributed by atoms with E-state index in [9.17, 15) is 4.39 Å². The fourth-order valence-electron chi connectivity index (χ4n) is 4.40. The molecule has 1 aromatic carbocycles. The molecular formula is C26H47FN4O2. The van der Waals surface area contributed by atoms with Gasteiger partial charge in [-0.3, -0.25) is 4.90 Å². The lowest BCUT2D eigenvalue weighted by Gasteiger charge is -2.40. The van der Waals surface area contributed by atoms with Crippen molar-refractivity contribution >= 4 is 11.9 Å². The predicted octanol–water partition coefficient (Wildman–Crippen LogP) is 4.82. The molecule has 3 fully saturated rings. The number of halogens is 1. The first kappa shape index (κ1) is 29.5. The Hall–Kier alpha value is -1.54. The van der Waals surface area contributed by atoms with E-state index < -0.39 is 0 Å². The first-order valence-electron chi connectivity index (χ1n) is 12.4. The molecule has 2 unspecified atom stereocenters. The minimum atomic E-state index is -0.319. The number of hydrogen-bond acceptors (Lipinski definition) is 5. The number of benzene rings is 1. The molecule has 5 N–H and O–H groups in total. The first-order valence-corrected chi connectivity index (χ1v) is 12.4. The normalized spacial score (nSPS) is 26.0. The highest BCUT2D eigenvalue weighted by molar-refractivity contribution is 5.70. The number of rotatable bonds is 4. The molecule has 0 radical (unpaired) electrons.